The molecule has 6 rings (SSSR count). The molecule has 0 saturated heterocycles. The maximum Gasteiger partial charge on any atom is 0.329 e. The van der Waals surface area contributed by atoms with Gasteiger partial charge in [-0.2, -0.15) is 0 Å². The van der Waals surface area contributed by atoms with Crippen molar-refractivity contribution >= 4 is 28.1 Å². The molecule has 6 heteroatoms. The van der Waals surface area contributed by atoms with Crippen LogP contribution in [0, 0.1) is 0 Å². The van der Waals surface area contributed by atoms with E-state index in [1.54, 1.807) is 6.07 Å². The molecule has 0 amide bonds. The van der Waals surface area contributed by atoms with Gasteiger partial charge in [0.15, 0.2) is 5.78 Å². The highest BCUT2D eigenvalue weighted by Gasteiger charge is 2.42. The van der Waals surface area contributed by atoms with Gasteiger partial charge in [-0.1, -0.05) is 66.7 Å². The Bertz CT molecular complexity index is 1600. The minimum absolute atomic E-state index is 0.0969. The number of hydrogen-bond donors (Lipinski definition) is 2. The van der Waals surface area contributed by atoms with E-state index in [0.29, 0.717) is 34.8 Å². The molecular weight excluding hydrogens is 402 g/mol. The highest BCUT2D eigenvalue weighted by molar-refractivity contribution is 6.24. The van der Waals surface area contributed by atoms with E-state index in [0.717, 1.165) is 21.9 Å². The third-order valence-corrected chi connectivity index (χ3v) is 6.46. The molecule has 0 fully saturated rings. The van der Waals surface area contributed by atoms with E-state index in [4.69, 9.17) is 0 Å². The number of fused-ring (bicyclic) bond motifs is 4. The van der Waals surface area contributed by atoms with E-state index in [2.05, 4.69) is 10.3 Å². The number of aromatic amines is 1. The molecule has 1 aliphatic carbocycles. The summed E-state index contributed by atoms with van der Waals surface area (Å²) in [6.45, 7) is 2.23. The number of carbonyl (C=O) groups is 1. The van der Waals surface area contributed by atoms with Crippen molar-refractivity contribution in [3.63, 3.8) is 0 Å². The molecule has 2 heterocycles. The molecule has 2 aliphatic rings. The van der Waals surface area contributed by atoms with Crippen LogP contribution in [0.4, 0.5) is 5.82 Å². The van der Waals surface area contributed by atoms with Crippen LogP contribution in [0.2, 0.25) is 0 Å². The van der Waals surface area contributed by atoms with Crippen LogP contribution in [0.5, 0.6) is 0 Å². The van der Waals surface area contributed by atoms with Crippen LogP contribution >= 0.6 is 0 Å². The van der Waals surface area contributed by atoms with Crippen molar-refractivity contribution in [2.24, 2.45) is 0 Å². The number of H-pyrrole nitrogens is 1. The maximum atomic E-state index is 13.6. The summed E-state index contributed by atoms with van der Waals surface area (Å²) in [7, 11) is 0. The highest BCUT2D eigenvalue weighted by Crippen LogP contribution is 2.48. The zero-order valence-corrected chi connectivity index (χ0v) is 17.3. The zero-order valence-electron chi connectivity index (χ0n) is 17.3. The first kappa shape index (κ1) is 18.6. The van der Waals surface area contributed by atoms with Crippen LogP contribution < -0.4 is 16.6 Å². The summed E-state index contributed by atoms with van der Waals surface area (Å²) >= 11 is 0. The summed E-state index contributed by atoms with van der Waals surface area (Å²) in [5.41, 5.74) is 2.92. The van der Waals surface area contributed by atoms with E-state index in [9.17, 15) is 14.4 Å². The van der Waals surface area contributed by atoms with Crippen molar-refractivity contribution in [1.29, 1.82) is 0 Å². The lowest BCUT2D eigenvalue weighted by molar-refractivity contribution is 0.103. The molecule has 3 aromatic carbocycles. The first-order valence-electron chi connectivity index (χ1n) is 10.6. The van der Waals surface area contributed by atoms with Crippen molar-refractivity contribution in [3.05, 3.63) is 115 Å². The summed E-state index contributed by atoms with van der Waals surface area (Å²) in [5.74, 6) is -0.253. The van der Waals surface area contributed by atoms with Crippen molar-refractivity contribution in [2.75, 3.05) is 5.32 Å². The summed E-state index contributed by atoms with van der Waals surface area (Å²) in [5, 5.41) is 5.29. The standard InChI is InChI=1S/C26H19N3O3/c1-2-29-24-21(25(31)28-26(29)32)19(16-13-7-9-14-8-3-4-10-15(14)16)20-22(27-24)17-11-5-6-12-18(17)23(20)30/h3-13,19,27H,2H2,1H3,(H,28,31,32)/t19-/m0/s1. The average molecular weight is 421 g/mol. The molecule has 0 bridgehead atoms. The lowest BCUT2D eigenvalue weighted by Gasteiger charge is -2.30. The molecule has 1 atom stereocenters. The number of hydrogen-bond acceptors (Lipinski definition) is 4. The number of Topliss-reactive ketones (excluding diaryl/α,β-unsaturated/α-hetero) is 1. The van der Waals surface area contributed by atoms with Crippen molar-refractivity contribution in [2.45, 2.75) is 19.4 Å². The average Bonchev–Trinajstić information content (AvgIpc) is 3.10. The Balaban J connectivity index is 1.76. The SMILES string of the molecule is CCn1c2c(c(=O)[nH]c1=O)[C@@H](c1cccc3ccccc13)C1=C(N2)c2ccccc2C1=O. The van der Waals surface area contributed by atoms with Gasteiger partial charge in [0, 0.05) is 29.2 Å². The van der Waals surface area contributed by atoms with Gasteiger partial charge in [-0.25, -0.2) is 4.79 Å². The Morgan fingerprint density at radius 2 is 1.59 bits per heavy atom. The predicted octanol–water partition coefficient (Wildman–Crippen LogP) is 3.87. The third kappa shape index (κ3) is 2.37. The van der Waals surface area contributed by atoms with Crippen molar-refractivity contribution in [3.8, 4) is 0 Å². The molecule has 6 nitrogen and oxygen atoms in total. The zero-order chi connectivity index (χ0) is 22.0. The van der Waals surface area contributed by atoms with Gasteiger partial charge in [-0.05, 0) is 23.3 Å². The van der Waals surface area contributed by atoms with Crippen LogP contribution in [-0.2, 0) is 6.54 Å². The van der Waals surface area contributed by atoms with Crippen LogP contribution in [-0.4, -0.2) is 15.3 Å². The normalized spacial score (nSPS) is 16.5. The Morgan fingerprint density at radius 3 is 2.41 bits per heavy atom. The molecule has 0 radical (unpaired) electrons. The van der Waals surface area contributed by atoms with Gasteiger partial charge >= 0.3 is 5.69 Å². The number of nitrogens with zero attached hydrogens (tertiary/aromatic N) is 1. The summed E-state index contributed by atoms with van der Waals surface area (Å²) < 4.78 is 1.52. The number of carbonyl (C=O) groups excluding carboxylic acids is 1. The number of aromatic nitrogens is 2. The van der Waals surface area contributed by atoms with Crippen LogP contribution in [0.3, 0.4) is 0 Å². The topological polar surface area (TPSA) is 84.0 Å². The molecular formula is C26H19N3O3. The number of allylic oxidation sites excluding steroid dienone is 1. The number of nitrogens with one attached hydrogen (secondary N) is 2. The van der Waals surface area contributed by atoms with E-state index < -0.39 is 17.2 Å². The molecule has 0 saturated carbocycles. The molecule has 1 aliphatic heterocycles. The molecule has 0 unspecified atom stereocenters. The Morgan fingerprint density at radius 1 is 0.875 bits per heavy atom. The second-order valence-electron chi connectivity index (χ2n) is 8.06. The molecule has 4 aromatic rings. The lowest BCUT2D eigenvalue weighted by Crippen LogP contribution is -2.38. The van der Waals surface area contributed by atoms with Gasteiger partial charge < -0.3 is 5.32 Å². The number of benzene rings is 3. The van der Waals surface area contributed by atoms with Gasteiger partial charge in [0.1, 0.15) is 5.82 Å². The van der Waals surface area contributed by atoms with E-state index in [1.165, 1.54) is 4.57 Å². The Kier molecular flexibility index (Phi) is 3.86. The van der Waals surface area contributed by atoms with Gasteiger partial charge in [-0.15, -0.1) is 0 Å². The first-order valence-corrected chi connectivity index (χ1v) is 10.6. The molecule has 156 valence electrons. The van der Waals surface area contributed by atoms with Gasteiger partial charge in [0.2, 0.25) is 0 Å². The second kappa shape index (κ2) is 6.65. The molecule has 1 aromatic heterocycles. The summed E-state index contributed by atoms with van der Waals surface area (Å²) in [6, 6.07) is 21.3. The Labute approximate surface area is 182 Å². The van der Waals surface area contributed by atoms with Gasteiger partial charge in [0.05, 0.1) is 11.3 Å². The fourth-order valence-electron chi connectivity index (χ4n) is 5.08. The monoisotopic (exact) mass is 421 g/mol. The molecule has 0 spiro atoms. The van der Waals surface area contributed by atoms with Crippen molar-refractivity contribution in [1.82, 2.24) is 9.55 Å². The van der Waals surface area contributed by atoms with Crippen molar-refractivity contribution < 1.29 is 4.79 Å². The van der Waals surface area contributed by atoms with Crippen LogP contribution in [0.1, 0.15) is 39.9 Å². The smallest absolute Gasteiger partial charge is 0.329 e. The molecule has 32 heavy (non-hydrogen) atoms. The molecule has 2 N–H and O–H groups in total. The maximum absolute atomic E-state index is 13.6. The van der Waals surface area contributed by atoms with Gasteiger partial charge in [-0.3, -0.25) is 19.1 Å². The minimum atomic E-state index is -0.602. The minimum Gasteiger partial charge on any atom is -0.340 e. The predicted molar refractivity (Wildman–Crippen MR) is 124 cm³/mol. The number of anilines is 1. The largest absolute Gasteiger partial charge is 0.340 e. The lowest BCUT2D eigenvalue weighted by atomic mass is 9.79. The summed E-state index contributed by atoms with van der Waals surface area (Å²) in [4.78, 5) is 41.9. The van der Waals surface area contributed by atoms with Crippen LogP contribution in [0.25, 0.3) is 16.5 Å². The first-order chi connectivity index (χ1) is 15.6. The van der Waals surface area contributed by atoms with E-state index in [1.807, 2.05) is 67.6 Å². The quantitative estimate of drug-likeness (QED) is 0.515. The second-order valence-corrected chi connectivity index (χ2v) is 8.06. The van der Waals surface area contributed by atoms with E-state index in [-0.39, 0.29) is 5.78 Å². The highest BCUT2D eigenvalue weighted by atomic mass is 16.2. The number of ketones is 1. The van der Waals surface area contributed by atoms with E-state index >= 15 is 0 Å². The van der Waals surface area contributed by atoms with Gasteiger partial charge in [0.25, 0.3) is 5.56 Å². The fraction of sp³-hybridized carbons (Fsp3) is 0.115. The summed E-state index contributed by atoms with van der Waals surface area (Å²) in [6.07, 6.45) is 0. The third-order valence-electron chi connectivity index (χ3n) is 6.46. The number of rotatable bonds is 2. The van der Waals surface area contributed by atoms with Crippen LogP contribution in [0.15, 0.2) is 81.9 Å². The Hall–Kier alpha value is -4.19. The fourth-order valence-corrected chi connectivity index (χ4v) is 5.08.